The largest absolute Gasteiger partial charge is 0.478 e. The van der Waals surface area contributed by atoms with E-state index in [0.29, 0.717) is 6.42 Å². The average Bonchev–Trinajstić information content (AvgIpc) is 2.52. The molecule has 0 saturated carbocycles. The summed E-state index contributed by atoms with van der Waals surface area (Å²) in [7, 11) is 0. The average molecular weight is 298 g/mol. The molecule has 6 nitrogen and oxygen atoms in total. The number of carboxylic acid groups (broad SMARTS) is 1. The van der Waals surface area contributed by atoms with Gasteiger partial charge >= 0.3 is 5.97 Å². The summed E-state index contributed by atoms with van der Waals surface area (Å²) in [5.74, 6) is -1.24. The molecule has 112 valence electrons. The highest BCUT2D eigenvalue weighted by Crippen LogP contribution is 2.24. The zero-order chi connectivity index (χ0) is 15.9. The third-order valence-corrected chi connectivity index (χ3v) is 3.06. The highest BCUT2D eigenvalue weighted by molar-refractivity contribution is 5.95. The number of aromatic carboxylic acids is 1. The molecule has 0 bridgehead atoms. The van der Waals surface area contributed by atoms with Crippen molar-refractivity contribution in [3.63, 3.8) is 0 Å². The van der Waals surface area contributed by atoms with Crippen molar-refractivity contribution in [1.29, 1.82) is 0 Å². The van der Waals surface area contributed by atoms with Crippen LogP contribution in [0.1, 0.15) is 22.3 Å². The van der Waals surface area contributed by atoms with Gasteiger partial charge < -0.3 is 5.11 Å². The van der Waals surface area contributed by atoms with Crippen molar-refractivity contribution >= 4 is 23.6 Å². The number of nitro groups is 1. The number of carboxylic acids is 1. The first kappa shape index (κ1) is 15.4. The number of nitro benzene ring substituents is 1. The van der Waals surface area contributed by atoms with E-state index >= 15 is 0 Å². The Morgan fingerprint density at radius 3 is 2.59 bits per heavy atom. The zero-order valence-corrected chi connectivity index (χ0v) is 11.7. The standard InChI is InChI=1S/C16H14N2O4/c19-16(20)14-11-13(18(21)22)8-9-15(14)17-10-4-7-12-5-2-1-3-6-12/h1-3,5-6,8-11H,4,7H2,(H,19,20). The van der Waals surface area contributed by atoms with Crippen LogP contribution in [0, 0.1) is 10.1 Å². The van der Waals surface area contributed by atoms with Crippen LogP contribution in [0.15, 0.2) is 53.5 Å². The minimum absolute atomic E-state index is 0.176. The fourth-order valence-electron chi connectivity index (χ4n) is 1.96. The molecule has 0 fully saturated rings. The Labute approximate surface area is 126 Å². The molecule has 0 atom stereocenters. The lowest BCUT2D eigenvalue weighted by atomic mass is 10.1. The predicted octanol–water partition coefficient (Wildman–Crippen LogP) is 3.63. The van der Waals surface area contributed by atoms with Crippen LogP contribution in [0.5, 0.6) is 0 Å². The summed E-state index contributed by atoms with van der Waals surface area (Å²) in [5.41, 5.74) is 0.938. The Kier molecular flexibility index (Phi) is 4.98. The van der Waals surface area contributed by atoms with E-state index in [4.69, 9.17) is 5.11 Å². The number of aliphatic imine (C=N–C) groups is 1. The topological polar surface area (TPSA) is 92.8 Å². The van der Waals surface area contributed by atoms with E-state index in [9.17, 15) is 14.9 Å². The molecule has 6 heteroatoms. The van der Waals surface area contributed by atoms with E-state index in [0.717, 1.165) is 18.1 Å². The van der Waals surface area contributed by atoms with E-state index in [1.54, 1.807) is 6.21 Å². The van der Waals surface area contributed by atoms with Gasteiger partial charge in [-0.1, -0.05) is 30.3 Å². The van der Waals surface area contributed by atoms with Crippen molar-refractivity contribution in [2.45, 2.75) is 12.8 Å². The van der Waals surface area contributed by atoms with Gasteiger partial charge in [0, 0.05) is 18.3 Å². The quantitative estimate of drug-likeness (QED) is 0.500. The number of benzene rings is 2. The van der Waals surface area contributed by atoms with Gasteiger partial charge in [-0.25, -0.2) is 4.79 Å². The maximum absolute atomic E-state index is 11.2. The summed E-state index contributed by atoms with van der Waals surface area (Å²) in [6.07, 6.45) is 3.07. The van der Waals surface area contributed by atoms with Gasteiger partial charge in [-0.15, -0.1) is 0 Å². The maximum atomic E-state index is 11.2. The van der Waals surface area contributed by atoms with Gasteiger partial charge in [-0.2, -0.15) is 0 Å². The van der Waals surface area contributed by atoms with E-state index in [2.05, 4.69) is 4.99 Å². The van der Waals surface area contributed by atoms with E-state index in [1.165, 1.54) is 12.1 Å². The molecule has 0 saturated heterocycles. The second kappa shape index (κ2) is 7.12. The fourth-order valence-corrected chi connectivity index (χ4v) is 1.96. The Morgan fingerprint density at radius 1 is 1.23 bits per heavy atom. The molecule has 0 aliphatic rings. The van der Waals surface area contributed by atoms with E-state index < -0.39 is 10.9 Å². The summed E-state index contributed by atoms with van der Waals surface area (Å²) in [6.45, 7) is 0. The first-order valence-electron chi connectivity index (χ1n) is 6.66. The molecule has 0 amide bonds. The van der Waals surface area contributed by atoms with Crippen molar-refractivity contribution in [3.05, 3.63) is 69.8 Å². The smallest absolute Gasteiger partial charge is 0.338 e. The van der Waals surface area contributed by atoms with Crippen molar-refractivity contribution in [2.24, 2.45) is 4.99 Å². The second-order valence-electron chi connectivity index (χ2n) is 4.60. The predicted molar refractivity (Wildman–Crippen MR) is 83.0 cm³/mol. The molecule has 0 heterocycles. The summed E-state index contributed by atoms with van der Waals surface area (Å²) in [4.78, 5) is 25.3. The molecule has 0 unspecified atom stereocenters. The van der Waals surface area contributed by atoms with Crippen LogP contribution in [-0.4, -0.2) is 22.2 Å². The number of carbonyl (C=O) groups is 1. The van der Waals surface area contributed by atoms with Crippen LogP contribution in [-0.2, 0) is 6.42 Å². The van der Waals surface area contributed by atoms with Gasteiger partial charge in [-0.05, 0) is 24.5 Å². The number of aryl methyl sites for hydroxylation is 1. The molecule has 22 heavy (non-hydrogen) atoms. The zero-order valence-electron chi connectivity index (χ0n) is 11.7. The third-order valence-electron chi connectivity index (χ3n) is 3.06. The molecule has 0 spiro atoms. The fraction of sp³-hybridized carbons (Fsp3) is 0.125. The van der Waals surface area contributed by atoms with Gasteiger partial charge in [0.2, 0.25) is 0 Å². The first-order chi connectivity index (χ1) is 10.6. The Morgan fingerprint density at radius 2 is 1.95 bits per heavy atom. The molecule has 1 N–H and O–H groups in total. The number of hydrogen-bond donors (Lipinski definition) is 1. The van der Waals surface area contributed by atoms with Crippen LogP contribution in [0.4, 0.5) is 11.4 Å². The molecule has 0 aliphatic heterocycles. The van der Waals surface area contributed by atoms with Crippen LogP contribution in [0.3, 0.4) is 0 Å². The lowest BCUT2D eigenvalue weighted by Crippen LogP contribution is -1.99. The van der Waals surface area contributed by atoms with Gasteiger partial charge in [0.15, 0.2) is 0 Å². The third kappa shape index (κ3) is 3.99. The van der Waals surface area contributed by atoms with Crippen LogP contribution in [0.25, 0.3) is 0 Å². The normalized spacial score (nSPS) is 10.7. The summed E-state index contributed by atoms with van der Waals surface area (Å²) in [5, 5.41) is 19.8. The molecule has 0 aromatic heterocycles. The molecule has 0 radical (unpaired) electrons. The molecule has 0 aliphatic carbocycles. The monoisotopic (exact) mass is 298 g/mol. The van der Waals surface area contributed by atoms with Gasteiger partial charge in [-0.3, -0.25) is 15.1 Å². The van der Waals surface area contributed by atoms with Crippen LogP contribution < -0.4 is 0 Å². The van der Waals surface area contributed by atoms with Crippen molar-refractivity contribution in [2.75, 3.05) is 0 Å². The molecule has 2 aromatic carbocycles. The first-order valence-corrected chi connectivity index (χ1v) is 6.66. The SMILES string of the molecule is O=C(O)c1cc([N+](=O)[O-])ccc1N=CCCc1ccccc1. The highest BCUT2D eigenvalue weighted by Gasteiger charge is 2.15. The molecule has 2 aromatic rings. The van der Waals surface area contributed by atoms with Crippen molar-refractivity contribution in [1.82, 2.24) is 0 Å². The minimum atomic E-state index is -1.24. The molecular formula is C16H14N2O4. The molecule has 2 rings (SSSR count). The van der Waals surface area contributed by atoms with E-state index in [-0.39, 0.29) is 16.9 Å². The summed E-state index contributed by atoms with van der Waals surface area (Å²) >= 11 is 0. The number of hydrogen-bond acceptors (Lipinski definition) is 4. The Hall–Kier alpha value is -3.02. The summed E-state index contributed by atoms with van der Waals surface area (Å²) in [6, 6.07) is 13.5. The number of rotatable bonds is 6. The number of non-ortho nitro benzene ring substituents is 1. The van der Waals surface area contributed by atoms with Crippen LogP contribution >= 0.6 is 0 Å². The van der Waals surface area contributed by atoms with Gasteiger partial charge in [0.25, 0.3) is 5.69 Å². The molecular weight excluding hydrogens is 284 g/mol. The highest BCUT2D eigenvalue weighted by atomic mass is 16.6. The second-order valence-corrected chi connectivity index (χ2v) is 4.60. The van der Waals surface area contributed by atoms with Crippen LogP contribution in [0.2, 0.25) is 0 Å². The maximum Gasteiger partial charge on any atom is 0.338 e. The van der Waals surface area contributed by atoms with Crippen molar-refractivity contribution < 1.29 is 14.8 Å². The lowest BCUT2D eigenvalue weighted by molar-refractivity contribution is -0.384. The Bertz CT molecular complexity index is 711. The minimum Gasteiger partial charge on any atom is -0.478 e. The number of nitrogens with zero attached hydrogens (tertiary/aromatic N) is 2. The van der Waals surface area contributed by atoms with Gasteiger partial charge in [0.05, 0.1) is 16.2 Å². The summed E-state index contributed by atoms with van der Waals surface area (Å²) < 4.78 is 0. The lowest BCUT2D eigenvalue weighted by Gasteiger charge is -2.01. The Balaban J connectivity index is 2.10. The van der Waals surface area contributed by atoms with Gasteiger partial charge in [0.1, 0.15) is 0 Å². The van der Waals surface area contributed by atoms with E-state index in [1.807, 2.05) is 30.3 Å². The van der Waals surface area contributed by atoms with Crippen molar-refractivity contribution in [3.8, 4) is 0 Å².